The van der Waals surface area contributed by atoms with E-state index < -0.39 is 26.9 Å². The largest absolute Gasteiger partial charge is 0.252 e. The molecule has 2 aliphatic rings. The maximum Gasteiger partial charge on any atom is 0.154 e. The Labute approximate surface area is 219 Å². The minimum absolute atomic E-state index is 0.130. The summed E-state index contributed by atoms with van der Waals surface area (Å²) in [7, 11) is -3.24. The van der Waals surface area contributed by atoms with E-state index in [1.807, 2.05) is 18.2 Å². The molecule has 194 valence electrons. The van der Waals surface area contributed by atoms with Crippen molar-refractivity contribution in [2.75, 3.05) is 6.26 Å². The second-order valence-electron chi connectivity index (χ2n) is 10.7. The first-order chi connectivity index (χ1) is 18.0. The molecule has 1 saturated carbocycles. The van der Waals surface area contributed by atoms with Crippen molar-refractivity contribution in [3.05, 3.63) is 89.3 Å². The Bertz CT molecular complexity index is 1670. The standard InChI is InChI=1S/C28H25F2N5O2S/c1-27(2)18-10-11-28(27,26-17(18)12-22(34-35-26)25-19(29)6-4-7-20(25)30)23-9-5-8-21(33-23)16-13-31-24(32-14-16)15-38(3,36)37/h4-9,12-14,18H,10-11,15H2,1-3H3/t18-,28-/m0/s1. The van der Waals surface area contributed by atoms with Crippen molar-refractivity contribution in [3.8, 4) is 22.5 Å². The molecule has 0 spiro atoms. The molecule has 4 aromatic rings. The van der Waals surface area contributed by atoms with Gasteiger partial charge >= 0.3 is 0 Å². The van der Waals surface area contributed by atoms with Gasteiger partial charge in [-0.05, 0) is 60.1 Å². The van der Waals surface area contributed by atoms with E-state index in [4.69, 9.17) is 4.98 Å². The van der Waals surface area contributed by atoms with E-state index in [-0.39, 0.29) is 34.2 Å². The van der Waals surface area contributed by atoms with Crippen molar-refractivity contribution in [1.82, 2.24) is 25.1 Å². The fourth-order valence-corrected chi connectivity index (χ4v) is 7.00. The molecule has 1 aromatic carbocycles. The number of rotatable bonds is 5. The van der Waals surface area contributed by atoms with Crippen LogP contribution in [0, 0.1) is 17.0 Å². The Morgan fingerprint density at radius 3 is 2.34 bits per heavy atom. The highest BCUT2D eigenvalue weighted by atomic mass is 32.2. The zero-order valence-electron chi connectivity index (χ0n) is 21.1. The van der Waals surface area contributed by atoms with Crippen LogP contribution in [0.3, 0.4) is 0 Å². The number of nitrogens with zero attached hydrogens (tertiary/aromatic N) is 5. The predicted octanol–water partition coefficient (Wildman–Crippen LogP) is 5.02. The SMILES string of the molecule is CC1(C)[C@H]2CC[C@]1(c1cccc(-c3cnc(CS(C)(=O)=O)nc3)n1)c1nnc(-c3c(F)cccc3F)cc12. The molecule has 7 nitrogen and oxygen atoms in total. The number of halogens is 2. The molecule has 0 amide bonds. The third kappa shape index (κ3) is 3.65. The molecule has 3 aromatic heterocycles. The first kappa shape index (κ1) is 24.7. The number of hydrogen-bond donors (Lipinski definition) is 0. The van der Waals surface area contributed by atoms with Crippen molar-refractivity contribution < 1.29 is 17.2 Å². The monoisotopic (exact) mass is 533 g/mol. The maximum absolute atomic E-state index is 14.5. The molecule has 0 N–H and O–H groups in total. The average Bonchev–Trinajstić information content (AvgIpc) is 3.24. The van der Waals surface area contributed by atoms with E-state index in [1.165, 1.54) is 18.2 Å². The summed E-state index contributed by atoms with van der Waals surface area (Å²) >= 11 is 0. The Morgan fingerprint density at radius 2 is 1.66 bits per heavy atom. The van der Waals surface area contributed by atoms with Gasteiger partial charge in [-0.15, -0.1) is 5.10 Å². The number of sulfone groups is 1. The minimum Gasteiger partial charge on any atom is -0.252 e. The van der Waals surface area contributed by atoms with E-state index in [2.05, 4.69) is 34.0 Å². The Hall–Kier alpha value is -3.66. The van der Waals surface area contributed by atoms with Crippen LogP contribution in [-0.4, -0.2) is 39.8 Å². The van der Waals surface area contributed by atoms with E-state index in [1.54, 1.807) is 18.5 Å². The number of hydrogen-bond acceptors (Lipinski definition) is 7. The Morgan fingerprint density at radius 1 is 0.974 bits per heavy atom. The molecular weight excluding hydrogens is 508 g/mol. The third-order valence-corrected chi connectivity index (χ3v) is 8.96. The van der Waals surface area contributed by atoms with Crippen LogP contribution in [0.1, 0.15) is 55.4 Å². The lowest BCUT2D eigenvalue weighted by molar-refractivity contribution is 0.243. The Kier molecular flexibility index (Phi) is 5.47. The topological polar surface area (TPSA) is 98.6 Å². The summed E-state index contributed by atoms with van der Waals surface area (Å²) in [5.74, 6) is -1.21. The summed E-state index contributed by atoms with van der Waals surface area (Å²) in [6, 6.07) is 11.3. The summed E-state index contributed by atoms with van der Waals surface area (Å²) in [4.78, 5) is 13.4. The van der Waals surface area contributed by atoms with Gasteiger partial charge in [0.2, 0.25) is 0 Å². The van der Waals surface area contributed by atoms with Crippen LogP contribution >= 0.6 is 0 Å². The van der Waals surface area contributed by atoms with Gasteiger partial charge in [0, 0.05) is 24.2 Å². The van der Waals surface area contributed by atoms with Crippen molar-refractivity contribution in [2.45, 2.75) is 43.8 Å². The fourth-order valence-electron chi connectivity index (χ4n) is 6.39. The molecule has 6 rings (SSSR count). The zero-order chi connectivity index (χ0) is 26.9. The normalized spacial score (nSPS) is 21.4. The molecular formula is C28H25F2N5O2S. The van der Waals surface area contributed by atoms with E-state index in [9.17, 15) is 17.2 Å². The summed E-state index contributed by atoms with van der Waals surface area (Å²) in [5, 5.41) is 8.88. The molecule has 3 heterocycles. The van der Waals surface area contributed by atoms with Crippen LogP contribution in [-0.2, 0) is 21.0 Å². The molecule has 38 heavy (non-hydrogen) atoms. The van der Waals surface area contributed by atoms with Crippen LogP contribution < -0.4 is 0 Å². The van der Waals surface area contributed by atoms with Gasteiger partial charge in [0.05, 0.1) is 33.8 Å². The quantitative estimate of drug-likeness (QED) is 0.355. The van der Waals surface area contributed by atoms with Gasteiger partial charge in [0.1, 0.15) is 23.2 Å². The number of aromatic nitrogens is 5. The van der Waals surface area contributed by atoms with Gasteiger partial charge in [-0.3, -0.25) is 4.98 Å². The van der Waals surface area contributed by atoms with Crippen LogP contribution in [0.15, 0.2) is 54.9 Å². The molecule has 0 radical (unpaired) electrons. The molecule has 2 bridgehead atoms. The lowest BCUT2D eigenvalue weighted by Gasteiger charge is -2.37. The predicted molar refractivity (Wildman–Crippen MR) is 138 cm³/mol. The van der Waals surface area contributed by atoms with Crippen LogP contribution in [0.5, 0.6) is 0 Å². The highest BCUT2D eigenvalue weighted by Gasteiger charge is 2.65. The van der Waals surface area contributed by atoms with E-state index in [0.717, 1.165) is 36.0 Å². The number of fused-ring (bicyclic) bond motifs is 5. The van der Waals surface area contributed by atoms with E-state index in [0.29, 0.717) is 11.3 Å². The van der Waals surface area contributed by atoms with Gasteiger partial charge in [-0.25, -0.2) is 27.2 Å². The van der Waals surface area contributed by atoms with Crippen LogP contribution in [0.25, 0.3) is 22.5 Å². The number of benzene rings is 1. The summed E-state index contributed by atoms with van der Waals surface area (Å²) in [6.45, 7) is 4.38. The third-order valence-electron chi connectivity index (χ3n) is 8.18. The van der Waals surface area contributed by atoms with Crippen molar-refractivity contribution in [1.29, 1.82) is 0 Å². The zero-order valence-corrected chi connectivity index (χ0v) is 21.9. The molecule has 10 heteroatoms. The minimum atomic E-state index is -3.24. The summed E-state index contributed by atoms with van der Waals surface area (Å²) < 4.78 is 52.2. The highest BCUT2D eigenvalue weighted by Crippen LogP contribution is 2.69. The molecule has 1 fully saturated rings. The average molecular weight is 534 g/mol. The molecule has 0 unspecified atom stereocenters. The Balaban J connectivity index is 1.43. The van der Waals surface area contributed by atoms with Crippen molar-refractivity contribution in [2.24, 2.45) is 5.41 Å². The second-order valence-corrected chi connectivity index (χ2v) is 12.9. The fraction of sp³-hybridized carbons (Fsp3) is 0.321. The molecule has 2 aliphatic carbocycles. The lowest BCUT2D eigenvalue weighted by atomic mass is 9.66. The summed E-state index contributed by atoms with van der Waals surface area (Å²) in [6.07, 6.45) is 6.01. The maximum atomic E-state index is 14.5. The molecule has 0 saturated heterocycles. The summed E-state index contributed by atoms with van der Waals surface area (Å²) in [5.41, 5.74) is 3.13. The molecule has 2 atom stereocenters. The number of pyridine rings is 1. The first-order valence-electron chi connectivity index (χ1n) is 12.3. The van der Waals surface area contributed by atoms with Crippen molar-refractivity contribution >= 4 is 9.84 Å². The van der Waals surface area contributed by atoms with Gasteiger partial charge in [-0.1, -0.05) is 26.0 Å². The van der Waals surface area contributed by atoms with Crippen molar-refractivity contribution in [3.63, 3.8) is 0 Å². The molecule has 0 aliphatic heterocycles. The first-order valence-corrected chi connectivity index (χ1v) is 14.4. The van der Waals surface area contributed by atoms with E-state index >= 15 is 0 Å². The van der Waals surface area contributed by atoms with Gasteiger partial charge < -0.3 is 0 Å². The van der Waals surface area contributed by atoms with Gasteiger partial charge in [-0.2, -0.15) is 5.10 Å². The smallest absolute Gasteiger partial charge is 0.154 e. The van der Waals surface area contributed by atoms with Gasteiger partial charge in [0.25, 0.3) is 0 Å². The highest BCUT2D eigenvalue weighted by molar-refractivity contribution is 7.89. The second kappa shape index (κ2) is 8.42. The van der Waals surface area contributed by atoms with Crippen LogP contribution in [0.4, 0.5) is 8.78 Å². The lowest BCUT2D eigenvalue weighted by Crippen LogP contribution is -2.37. The van der Waals surface area contributed by atoms with Crippen LogP contribution in [0.2, 0.25) is 0 Å². The van der Waals surface area contributed by atoms with Gasteiger partial charge in [0.15, 0.2) is 9.84 Å².